The molecule has 1 aromatic rings. The van der Waals surface area contributed by atoms with E-state index in [4.69, 9.17) is 0 Å². The van der Waals surface area contributed by atoms with Gasteiger partial charge in [-0.1, -0.05) is 6.07 Å². The van der Waals surface area contributed by atoms with Crippen LogP contribution in [0.5, 0.6) is 0 Å². The highest BCUT2D eigenvalue weighted by Gasteiger charge is 2.00. The average molecular weight is 201 g/mol. The molecule has 1 rings (SSSR count). The van der Waals surface area contributed by atoms with Crippen molar-refractivity contribution in [2.75, 3.05) is 5.75 Å². The van der Waals surface area contributed by atoms with E-state index in [9.17, 15) is 13.0 Å². The van der Waals surface area contributed by atoms with E-state index in [1.165, 1.54) is 0 Å². The second kappa shape index (κ2) is 4.34. The summed E-state index contributed by atoms with van der Waals surface area (Å²) in [4.78, 5) is 0. The zero-order chi connectivity index (χ0) is 9.73. The molecular formula is C8H11NO3S. The number of hydrogen-bond donors (Lipinski definition) is 0. The van der Waals surface area contributed by atoms with Crippen molar-refractivity contribution >= 4 is 10.1 Å². The molecule has 0 aliphatic carbocycles. The predicted octanol–water partition coefficient (Wildman–Crippen LogP) is -0.0906. The minimum Gasteiger partial charge on any atom is -0.748 e. The lowest BCUT2D eigenvalue weighted by Gasteiger charge is -2.03. The van der Waals surface area contributed by atoms with Gasteiger partial charge in [-0.3, -0.25) is 0 Å². The Kier molecular flexibility index (Phi) is 3.39. The molecule has 0 saturated carbocycles. The first-order chi connectivity index (χ1) is 6.08. The van der Waals surface area contributed by atoms with E-state index in [1.807, 2.05) is 35.2 Å². The third-order valence-corrected chi connectivity index (χ3v) is 2.38. The largest absolute Gasteiger partial charge is 0.748 e. The van der Waals surface area contributed by atoms with Crippen LogP contribution in [-0.2, 0) is 16.7 Å². The van der Waals surface area contributed by atoms with Gasteiger partial charge in [0.15, 0.2) is 12.4 Å². The standard InChI is InChI=1S/C8H11NO3S/c10-13(11,12)8-4-7-9-5-2-1-3-6-9/h1-3,5-6H,4,7-8H2. The monoisotopic (exact) mass is 201 g/mol. The van der Waals surface area contributed by atoms with Gasteiger partial charge in [0.1, 0.15) is 6.54 Å². The molecule has 72 valence electrons. The number of pyridine rings is 1. The Balaban J connectivity index is 2.37. The van der Waals surface area contributed by atoms with Crippen LogP contribution in [0.15, 0.2) is 30.6 Å². The summed E-state index contributed by atoms with van der Waals surface area (Å²) in [5.74, 6) is -0.297. The van der Waals surface area contributed by atoms with Gasteiger partial charge >= 0.3 is 0 Å². The van der Waals surface area contributed by atoms with Crippen LogP contribution in [0.1, 0.15) is 6.42 Å². The molecule has 0 radical (unpaired) electrons. The maximum Gasteiger partial charge on any atom is 0.168 e. The lowest BCUT2D eigenvalue weighted by atomic mass is 10.4. The predicted molar refractivity (Wildman–Crippen MR) is 45.8 cm³/mol. The molecule has 0 unspecified atom stereocenters. The number of nitrogens with zero attached hydrogens (tertiary/aromatic N) is 1. The molecule has 4 nitrogen and oxygen atoms in total. The fourth-order valence-electron chi connectivity index (χ4n) is 1.01. The van der Waals surface area contributed by atoms with Crippen molar-refractivity contribution in [2.24, 2.45) is 0 Å². The summed E-state index contributed by atoms with van der Waals surface area (Å²) < 4.78 is 32.6. The van der Waals surface area contributed by atoms with Crippen molar-refractivity contribution in [3.63, 3.8) is 0 Å². The summed E-state index contributed by atoms with van der Waals surface area (Å²) in [6.45, 7) is 0.558. The van der Waals surface area contributed by atoms with Crippen LogP contribution in [0.25, 0.3) is 0 Å². The van der Waals surface area contributed by atoms with Crippen LogP contribution in [0.2, 0.25) is 0 Å². The maximum absolute atomic E-state index is 10.3. The molecular weight excluding hydrogens is 190 g/mol. The van der Waals surface area contributed by atoms with E-state index < -0.39 is 10.1 Å². The summed E-state index contributed by atoms with van der Waals surface area (Å²) in [5, 5.41) is 0. The molecule has 1 heterocycles. The Morgan fingerprint density at radius 3 is 2.31 bits per heavy atom. The van der Waals surface area contributed by atoms with E-state index >= 15 is 0 Å². The lowest BCUT2D eigenvalue weighted by molar-refractivity contribution is -0.696. The zero-order valence-corrected chi connectivity index (χ0v) is 7.90. The second-order valence-electron chi connectivity index (χ2n) is 2.73. The SMILES string of the molecule is O=S(=O)([O-])CCC[n+]1ccccc1. The normalized spacial score (nSPS) is 11.5. The van der Waals surface area contributed by atoms with Crippen LogP contribution in [-0.4, -0.2) is 18.7 Å². The second-order valence-corrected chi connectivity index (χ2v) is 4.25. The summed E-state index contributed by atoms with van der Waals surface area (Å²) in [5.41, 5.74) is 0. The Morgan fingerprint density at radius 1 is 1.15 bits per heavy atom. The van der Waals surface area contributed by atoms with Crippen molar-refractivity contribution in [2.45, 2.75) is 13.0 Å². The van der Waals surface area contributed by atoms with E-state index in [0.29, 0.717) is 13.0 Å². The molecule has 0 spiro atoms. The van der Waals surface area contributed by atoms with Gasteiger partial charge in [-0.25, -0.2) is 13.0 Å². The van der Waals surface area contributed by atoms with Gasteiger partial charge in [-0.05, 0) is 0 Å². The summed E-state index contributed by atoms with van der Waals surface area (Å²) >= 11 is 0. The van der Waals surface area contributed by atoms with Crippen molar-refractivity contribution in [3.8, 4) is 0 Å². The molecule has 0 aliphatic heterocycles. The van der Waals surface area contributed by atoms with Gasteiger partial charge in [-0.15, -0.1) is 0 Å². The fourth-order valence-corrected chi connectivity index (χ4v) is 1.49. The molecule has 0 bridgehead atoms. The van der Waals surface area contributed by atoms with Gasteiger partial charge < -0.3 is 4.55 Å². The van der Waals surface area contributed by atoms with Crippen LogP contribution < -0.4 is 4.57 Å². The van der Waals surface area contributed by atoms with Gasteiger partial charge in [-0.2, -0.15) is 0 Å². The smallest absolute Gasteiger partial charge is 0.168 e. The zero-order valence-electron chi connectivity index (χ0n) is 7.09. The third-order valence-electron chi connectivity index (χ3n) is 1.59. The van der Waals surface area contributed by atoms with Crippen molar-refractivity contribution < 1.29 is 17.5 Å². The minimum atomic E-state index is -4.06. The van der Waals surface area contributed by atoms with E-state index in [-0.39, 0.29) is 5.75 Å². The van der Waals surface area contributed by atoms with E-state index in [1.54, 1.807) is 0 Å². The Hall–Kier alpha value is -0.940. The van der Waals surface area contributed by atoms with Crippen molar-refractivity contribution in [1.29, 1.82) is 0 Å². The van der Waals surface area contributed by atoms with Crippen LogP contribution in [0.4, 0.5) is 0 Å². The molecule has 0 aromatic carbocycles. The molecule has 0 atom stereocenters. The number of aromatic nitrogens is 1. The lowest BCUT2D eigenvalue weighted by Crippen LogP contribution is -2.33. The fraction of sp³-hybridized carbons (Fsp3) is 0.375. The van der Waals surface area contributed by atoms with Crippen molar-refractivity contribution in [3.05, 3.63) is 30.6 Å². The van der Waals surface area contributed by atoms with Gasteiger partial charge in [0, 0.05) is 24.3 Å². The Morgan fingerprint density at radius 2 is 1.77 bits per heavy atom. The highest BCUT2D eigenvalue weighted by atomic mass is 32.2. The first-order valence-corrected chi connectivity index (χ1v) is 5.53. The molecule has 1 aromatic heterocycles. The van der Waals surface area contributed by atoms with Crippen LogP contribution >= 0.6 is 0 Å². The number of rotatable bonds is 4. The third kappa shape index (κ3) is 4.59. The molecule has 0 amide bonds. The van der Waals surface area contributed by atoms with Crippen LogP contribution in [0.3, 0.4) is 0 Å². The van der Waals surface area contributed by atoms with Gasteiger partial charge in [0.2, 0.25) is 0 Å². The highest BCUT2D eigenvalue weighted by Crippen LogP contribution is 1.88. The Labute approximate surface area is 77.6 Å². The summed E-state index contributed by atoms with van der Waals surface area (Å²) in [6, 6.07) is 5.58. The van der Waals surface area contributed by atoms with Crippen molar-refractivity contribution in [1.82, 2.24) is 0 Å². The quantitative estimate of drug-likeness (QED) is 0.505. The first kappa shape index (κ1) is 10.1. The minimum absolute atomic E-state index is 0.297. The van der Waals surface area contributed by atoms with E-state index in [0.717, 1.165) is 0 Å². The first-order valence-electron chi connectivity index (χ1n) is 3.95. The van der Waals surface area contributed by atoms with Gasteiger partial charge in [0.25, 0.3) is 0 Å². The average Bonchev–Trinajstić information content (AvgIpc) is 2.04. The maximum atomic E-state index is 10.3. The highest BCUT2D eigenvalue weighted by molar-refractivity contribution is 7.85. The topological polar surface area (TPSA) is 61.1 Å². The molecule has 0 N–H and O–H groups in total. The molecule has 0 saturated heterocycles. The number of hydrogen-bond acceptors (Lipinski definition) is 3. The molecule has 13 heavy (non-hydrogen) atoms. The molecule has 0 fully saturated rings. The summed E-state index contributed by atoms with van der Waals surface area (Å²) in [6.07, 6.45) is 4.02. The van der Waals surface area contributed by atoms with Crippen LogP contribution in [0, 0.1) is 0 Å². The van der Waals surface area contributed by atoms with E-state index in [2.05, 4.69) is 0 Å². The van der Waals surface area contributed by atoms with Gasteiger partial charge in [0.05, 0.1) is 10.1 Å². The Bertz CT molecular complexity index is 347. The molecule has 0 aliphatic rings. The summed E-state index contributed by atoms with van der Waals surface area (Å²) in [7, 11) is -4.06. The number of aryl methyl sites for hydroxylation is 1. The molecule has 5 heteroatoms.